The molecule has 3 rings (SSSR count). The van der Waals surface area contributed by atoms with Gasteiger partial charge in [0.15, 0.2) is 0 Å². The molecule has 1 atom stereocenters. The van der Waals surface area contributed by atoms with Gasteiger partial charge >= 0.3 is 5.97 Å². The number of nitrogens with one attached hydrogen (secondary N) is 1. The Morgan fingerprint density at radius 3 is 2.38 bits per heavy atom. The van der Waals surface area contributed by atoms with E-state index in [1.165, 1.54) is 6.92 Å². The van der Waals surface area contributed by atoms with Gasteiger partial charge in [0.1, 0.15) is 18.1 Å². The number of hydrogen-bond donors (Lipinski definition) is 1. The summed E-state index contributed by atoms with van der Waals surface area (Å²) in [5.74, 6) is 0.485. The van der Waals surface area contributed by atoms with Gasteiger partial charge in [0, 0.05) is 19.2 Å². The van der Waals surface area contributed by atoms with Gasteiger partial charge in [0.05, 0.1) is 11.7 Å². The first-order chi connectivity index (χ1) is 12.6. The summed E-state index contributed by atoms with van der Waals surface area (Å²) in [5, 5.41) is 2.65. The molecule has 136 valence electrons. The van der Waals surface area contributed by atoms with E-state index >= 15 is 0 Å². The van der Waals surface area contributed by atoms with E-state index in [-0.39, 0.29) is 12.0 Å². The van der Waals surface area contributed by atoms with E-state index in [4.69, 9.17) is 14.2 Å². The minimum Gasteiger partial charge on any atom is -0.491 e. The van der Waals surface area contributed by atoms with Crippen molar-refractivity contribution in [1.29, 1.82) is 0 Å². The molecule has 26 heavy (non-hydrogen) atoms. The van der Waals surface area contributed by atoms with Gasteiger partial charge in [-0.25, -0.2) is 4.79 Å². The fourth-order valence-corrected chi connectivity index (χ4v) is 2.63. The van der Waals surface area contributed by atoms with Crippen LogP contribution in [0.1, 0.15) is 30.1 Å². The Morgan fingerprint density at radius 2 is 1.77 bits per heavy atom. The molecule has 0 radical (unpaired) electrons. The Kier molecular flexibility index (Phi) is 5.86. The maximum absolute atomic E-state index is 12.2. The van der Waals surface area contributed by atoms with Gasteiger partial charge in [-0.05, 0) is 61.4 Å². The zero-order valence-electron chi connectivity index (χ0n) is 14.6. The van der Waals surface area contributed by atoms with Gasteiger partial charge in [-0.1, -0.05) is 0 Å². The van der Waals surface area contributed by atoms with Crippen LogP contribution in [0, 0.1) is 0 Å². The summed E-state index contributed by atoms with van der Waals surface area (Å²) in [5.41, 5.74) is 1.07. The van der Waals surface area contributed by atoms with Crippen LogP contribution in [0.4, 0.5) is 5.69 Å². The lowest BCUT2D eigenvalue weighted by Crippen LogP contribution is -2.16. The van der Waals surface area contributed by atoms with Crippen LogP contribution in [0.25, 0.3) is 0 Å². The molecule has 1 fully saturated rings. The summed E-state index contributed by atoms with van der Waals surface area (Å²) in [6, 6.07) is 13.4. The van der Waals surface area contributed by atoms with E-state index < -0.39 is 5.97 Å². The second kappa shape index (κ2) is 8.49. The molecule has 6 nitrogen and oxygen atoms in total. The van der Waals surface area contributed by atoms with Gasteiger partial charge in [0.2, 0.25) is 5.91 Å². The molecule has 2 aromatic carbocycles. The Labute approximate surface area is 152 Å². The fraction of sp³-hybridized carbons (Fsp3) is 0.300. The van der Waals surface area contributed by atoms with Crippen molar-refractivity contribution in [1.82, 2.24) is 0 Å². The third-order valence-corrected chi connectivity index (χ3v) is 3.94. The Morgan fingerprint density at radius 1 is 1.08 bits per heavy atom. The van der Waals surface area contributed by atoms with Gasteiger partial charge in [-0.3, -0.25) is 4.79 Å². The van der Waals surface area contributed by atoms with E-state index in [9.17, 15) is 9.59 Å². The topological polar surface area (TPSA) is 73.9 Å². The molecular formula is C20H21NO5. The number of carbonyl (C=O) groups excluding carboxylic acids is 2. The van der Waals surface area contributed by atoms with E-state index in [1.54, 1.807) is 48.5 Å². The third-order valence-electron chi connectivity index (χ3n) is 3.94. The van der Waals surface area contributed by atoms with E-state index in [1.807, 2.05) is 0 Å². The molecule has 0 aliphatic carbocycles. The second-order valence-corrected chi connectivity index (χ2v) is 6.07. The van der Waals surface area contributed by atoms with Crippen LogP contribution < -0.4 is 14.8 Å². The second-order valence-electron chi connectivity index (χ2n) is 6.07. The van der Waals surface area contributed by atoms with Gasteiger partial charge in [0.25, 0.3) is 0 Å². The van der Waals surface area contributed by atoms with Crippen LogP contribution in [-0.2, 0) is 9.53 Å². The quantitative estimate of drug-likeness (QED) is 0.635. The summed E-state index contributed by atoms with van der Waals surface area (Å²) in [4.78, 5) is 23.2. The summed E-state index contributed by atoms with van der Waals surface area (Å²) in [7, 11) is 0. The molecule has 1 amide bonds. The number of anilines is 1. The standard InChI is InChI=1S/C20H21NO5/c1-14(22)21-16-6-10-18(11-7-16)26-20(23)15-4-8-17(9-5-15)25-13-19-3-2-12-24-19/h4-11,19H,2-3,12-13H2,1H3,(H,21,22)/t19-/m0/s1. The zero-order valence-corrected chi connectivity index (χ0v) is 14.6. The number of carbonyl (C=O) groups is 2. The SMILES string of the molecule is CC(=O)Nc1ccc(OC(=O)c2ccc(OC[C@@H]3CCCO3)cc2)cc1. The molecule has 0 spiro atoms. The molecule has 1 aliphatic rings. The summed E-state index contributed by atoms with van der Waals surface area (Å²) < 4.78 is 16.5. The first kappa shape index (κ1) is 17.9. The average Bonchev–Trinajstić information content (AvgIpc) is 3.15. The first-order valence-corrected chi connectivity index (χ1v) is 8.54. The highest BCUT2D eigenvalue weighted by Gasteiger charge is 2.16. The third kappa shape index (κ3) is 5.07. The number of esters is 1. The average molecular weight is 355 g/mol. The lowest BCUT2D eigenvalue weighted by molar-refractivity contribution is -0.114. The number of ether oxygens (including phenoxy) is 3. The molecule has 1 N–H and O–H groups in total. The number of amides is 1. The highest BCUT2D eigenvalue weighted by Crippen LogP contribution is 2.19. The normalized spacial score (nSPS) is 16.1. The van der Waals surface area contributed by atoms with Crippen LogP contribution in [0.5, 0.6) is 11.5 Å². The first-order valence-electron chi connectivity index (χ1n) is 8.54. The summed E-state index contributed by atoms with van der Waals surface area (Å²) in [6.45, 7) is 2.75. The zero-order chi connectivity index (χ0) is 18.4. The predicted octanol–water partition coefficient (Wildman–Crippen LogP) is 3.42. The molecule has 0 saturated carbocycles. The monoisotopic (exact) mass is 355 g/mol. The van der Waals surface area contributed by atoms with E-state index in [0.29, 0.717) is 29.4 Å². The molecule has 0 bridgehead atoms. The van der Waals surface area contributed by atoms with Crippen LogP contribution in [0.3, 0.4) is 0 Å². The highest BCUT2D eigenvalue weighted by molar-refractivity contribution is 5.91. The molecule has 1 saturated heterocycles. The molecule has 0 aromatic heterocycles. The minimum atomic E-state index is -0.456. The Hall–Kier alpha value is -2.86. The molecule has 1 heterocycles. The maximum atomic E-state index is 12.2. The van der Waals surface area contributed by atoms with Crippen LogP contribution >= 0.6 is 0 Å². The van der Waals surface area contributed by atoms with Crippen LogP contribution in [-0.4, -0.2) is 31.2 Å². The molecule has 6 heteroatoms. The maximum Gasteiger partial charge on any atom is 0.343 e. The van der Waals surface area contributed by atoms with E-state index in [0.717, 1.165) is 19.4 Å². The van der Waals surface area contributed by atoms with Crippen molar-refractivity contribution < 1.29 is 23.8 Å². The van der Waals surface area contributed by atoms with E-state index in [2.05, 4.69) is 5.32 Å². The molecule has 2 aromatic rings. The Bertz CT molecular complexity index is 749. The minimum absolute atomic E-state index is 0.153. The van der Waals surface area contributed by atoms with Gasteiger partial charge in [-0.2, -0.15) is 0 Å². The highest BCUT2D eigenvalue weighted by atomic mass is 16.5. The molecular weight excluding hydrogens is 334 g/mol. The number of rotatable bonds is 6. The van der Waals surface area contributed by atoms with Gasteiger partial charge in [-0.15, -0.1) is 0 Å². The van der Waals surface area contributed by atoms with Crippen LogP contribution in [0.15, 0.2) is 48.5 Å². The molecule has 1 aliphatic heterocycles. The lowest BCUT2D eigenvalue weighted by atomic mass is 10.2. The molecule has 0 unspecified atom stereocenters. The van der Waals surface area contributed by atoms with Crippen molar-refractivity contribution >= 4 is 17.6 Å². The smallest absolute Gasteiger partial charge is 0.343 e. The van der Waals surface area contributed by atoms with Gasteiger partial charge < -0.3 is 19.5 Å². The summed E-state index contributed by atoms with van der Waals surface area (Å²) >= 11 is 0. The van der Waals surface area contributed by atoms with Crippen molar-refractivity contribution in [3.63, 3.8) is 0 Å². The number of hydrogen-bond acceptors (Lipinski definition) is 5. The largest absolute Gasteiger partial charge is 0.491 e. The van der Waals surface area contributed by atoms with Crippen molar-refractivity contribution in [3.8, 4) is 11.5 Å². The summed E-state index contributed by atoms with van der Waals surface area (Å²) in [6.07, 6.45) is 2.25. The Balaban J connectivity index is 1.53. The van der Waals surface area contributed by atoms with Crippen LogP contribution in [0.2, 0.25) is 0 Å². The van der Waals surface area contributed by atoms with Crippen molar-refractivity contribution in [2.45, 2.75) is 25.9 Å². The van der Waals surface area contributed by atoms with Crippen molar-refractivity contribution in [3.05, 3.63) is 54.1 Å². The predicted molar refractivity (Wildman–Crippen MR) is 96.6 cm³/mol. The van der Waals surface area contributed by atoms with Crippen molar-refractivity contribution in [2.75, 3.05) is 18.5 Å². The number of benzene rings is 2. The van der Waals surface area contributed by atoms with Crippen molar-refractivity contribution in [2.24, 2.45) is 0 Å². The lowest BCUT2D eigenvalue weighted by Gasteiger charge is -2.11. The fourth-order valence-electron chi connectivity index (χ4n) is 2.63.